The Morgan fingerprint density at radius 2 is 0.981 bits per heavy atom. The predicted molar refractivity (Wildman–Crippen MR) is 223 cm³/mol. The molecule has 10 rings (SSSR count). The molecular weight excluding hydrogens is 665 g/mol. The van der Waals surface area contributed by atoms with Gasteiger partial charge >= 0.3 is 0 Å². The van der Waals surface area contributed by atoms with Crippen molar-refractivity contribution >= 4 is 59.7 Å². The van der Waals surface area contributed by atoms with Gasteiger partial charge in [-0.15, -0.1) is 11.3 Å². The number of aromatic nitrogens is 1. The third-order valence-electron chi connectivity index (χ3n) is 9.93. The van der Waals surface area contributed by atoms with Gasteiger partial charge in [0, 0.05) is 48.7 Å². The van der Waals surface area contributed by atoms with E-state index in [9.17, 15) is 0 Å². The van der Waals surface area contributed by atoms with Crippen LogP contribution in [0.4, 0.5) is 17.1 Å². The maximum atomic E-state index is 6.24. The Hall–Kier alpha value is -6.75. The SMILES string of the molecule is c1ccc(-c2ccc(N(c3ccc(-c4cccc5c4sc4cc6oc(-c7ccccc7)nc6cc45)cc3)c3ccccc3-c3ccccc3)cc2)cc1. The van der Waals surface area contributed by atoms with Gasteiger partial charge in [0.15, 0.2) is 5.58 Å². The summed E-state index contributed by atoms with van der Waals surface area (Å²) < 4.78 is 8.69. The molecule has 0 aliphatic carbocycles. The number of thiophene rings is 1. The highest BCUT2D eigenvalue weighted by Gasteiger charge is 2.19. The maximum Gasteiger partial charge on any atom is 0.227 e. The first-order chi connectivity index (χ1) is 26.3. The van der Waals surface area contributed by atoms with E-state index < -0.39 is 0 Å². The minimum absolute atomic E-state index is 0.649. The van der Waals surface area contributed by atoms with Crippen molar-refractivity contribution < 1.29 is 4.42 Å². The van der Waals surface area contributed by atoms with Gasteiger partial charge in [0.2, 0.25) is 5.89 Å². The summed E-state index contributed by atoms with van der Waals surface area (Å²) in [6.07, 6.45) is 0. The van der Waals surface area contributed by atoms with Crippen LogP contribution >= 0.6 is 11.3 Å². The lowest BCUT2D eigenvalue weighted by atomic mass is 10.00. The van der Waals surface area contributed by atoms with Crippen LogP contribution in [-0.2, 0) is 0 Å². The Kier molecular flexibility index (Phi) is 7.67. The number of benzene rings is 8. The highest BCUT2D eigenvalue weighted by atomic mass is 32.1. The predicted octanol–water partition coefficient (Wildman–Crippen LogP) is 14.3. The number of rotatable bonds is 7. The van der Waals surface area contributed by atoms with E-state index in [1.807, 2.05) is 41.7 Å². The van der Waals surface area contributed by atoms with Crippen LogP contribution in [0.5, 0.6) is 0 Å². The first kappa shape index (κ1) is 31.0. The molecule has 0 aliphatic heterocycles. The van der Waals surface area contributed by atoms with Crippen molar-refractivity contribution in [1.82, 2.24) is 4.98 Å². The Bertz CT molecular complexity index is 2860. The van der Waals surface area contributed by atoms with Crippen molar-refractivity contribution in [1.29, 1.82) is 0 Å². The number of hydrogen-bond donors (Lipinski definition) is 0. The fourth-order valence-corrected chi connectivity index (χ4v) is 8.58. The number of fused-ring (bicyclic) bond motifs is 4. The van der Waals surface area contributed by atoms with Crippen LogP contribution in [0.25, 0.3) is 76.1 Å². The van der Waals surface area contributed by atoms with Gasteiger partial charge in [-0.25, -0.2) is 4.98 Å². The highest BCUT2D eigenvalue weighted by Crippen LogP contribution is 2.44. The molecular formula is C49H32N2OS. The molecule has 0 aliphatic rings. The molecule has 0 fully saturated rings. The Balaban J connectivity index is 1.06. The standard InChI is InChI=1S/C49H32N2OS/c1-4-13-33(14-5-1)34-23-27-38(28-24-34)51(45-22-11-10-19-40(45)35-15-6-2-7-16-35)39-29-25-36(26-30-39)41-20-12-21-42-43-31-44-46(32-47(43)53-48(41)42)52-49(50-44)37-17-8-3-9-18-37/h1-32H. The van der Waals surface area contributed by atoms with Crippen LogP contribution in [0.1, 0.15) is 0 Å². The molecule has 3 nitrogen and oxygen atoms in total. The smallest absolute Gasteiger partial charge is 0.227 e. The van der Waals surface area contributed by atoms with Crippen LogP contribution < -0.4 is 4.90 Å². The van der Waals surface area contributed by atoms with Crippen molar-refractivity contribution in [3.63, 3.8) is 0 Å². The molecule has 0 unspecified atom stereocenters. The number of para-hydroxylation sites is 1. The van der Waals surface area contributed by atoms with Crippen molar-refractivity contribution in [2.24, 2.45) is 0 Å². The van der Waals surface area contributed by atoms with E-state index in [1.165, 1.54) is 53.6 Å². The van der Waals surface area contributed by atoms with E-state index in [2.05, 4.69) is 169 Å². The van der Waals surface area contributed by atoms with Crippen molar-refractivity contribution in [2.45, 2.75) is 0 Å². The first-order valence-electron chi connectivity index (χ1n) is 17.8. The maximum absolute atomic E-state index is 6.24. The summed E-state index contributed by atoms with van der Waals surface area (Å²) in [5.74, 6) is 0.649. The number of nitrogens with zero attached hydrogens (tertiary/aromatic N) is 2. The normalized spacial score (nSPS) is 11.4. The van der Waals surface area contributed by atoms with E-state index in [1.54, 1.807) is 0 Å². The van der Waals surface area contributed by atoms with E-state index >= 15 is 0 Å². The fraction of sp³-hybridized carbons (Fsp3) is 0. The summed E-state index contributed by atoms with van der Waals surface area (Å²) in [5, 5.41) is 2.43. The zero-order valence-electron chi connectivity index (χ0n) is 28.7. The second-order valence-corrected chi connectivity index (χ2v) is 14.2. The van der Waals surface area contributed by atoms with Gasteiger partial charge in [-0.1, -0.05) is 140 Å². The fourth-order valence-electron chi connectivity index (χ4n) is 7.33. The molecule has 4 heteroatoms. The lowest BCUT2D eigenvalue weighted by molar-refractivity contribution is 0.620. The van der Waals surface area contributed by atoms with Crippen LogP contribution in [-0.4, -0.2) is 4.98 Å². The molecule has 8 aromatic carbocycles. The summed E-state index contributed by atoms with van der Waals surface area (Å²) >= 11 is 1.81. The average Bonchev–Trinajstić information content (AvgIpc) is 3.82. The monoisotopic (exact) mass is 696 g/mol. The summed E-state index contributed by atoms with van der Waals surface area (Å²) in [6.45, 7) is 0. The van der Waals surface area contributed by atoms with Crippen LogP contribution in [0.2, 0.25) is 0 Å². The quantitative estimate of drug-likeness (QED) is 0.166. The van der Waals surface area contributed by atoms with Crippen LogP contribution in [0, 0.1) is 0 Å². The summed E-state index contributed by atoms with van der Waals surface area (Å²) in [7, 11) is 0. The molecule has 0 spiro atoms. The second-order valence-electron chi connectivity index (χ2n) is 13.2. The average molecular weight is 697 g/mol. The zero-order valence-corrected chi connectivity index (χ0v) is 29.5. The lowest BCUT2D eigenvalue weighted by Crippen LogP contribution is -2.11. The second kappa shape index (κ2) is 13.1. The molecule has 10 aromatic rings. The summed E-state index contributed by atoms with van der Waals surface area (Å²) in [6, 6.07) is 68.7. The van der Waals surface area contributed by atoms with Gasteiger partial charge in [0.1, 0.15) is 5.52 Å². The van der Waals surface area contributed by atoms with Gasteiger partial charge in [-0.3, -0.25) is 0 Å². The van der Waals surface area contributed by atoms with Crippen molar-refractivity contribution in [3.8, 4) is 44.8 Å². The summed E-state index contributed by atoms with van der Waals surface area (Å²) in [4.78, 5) is 7.22. The molecule has 0 saturated carbocycles. The van der Waals surface area contributed by atoms with E-state index in [4.69, 9.17) is 9.40 Å². The molecule has 2 heterocycles. The Morgan fingerprint density at radius 1 is 0.434 bits per heavy atom. The van der Waals surface area contributed by atoms with Gasteiger partial charge in [-0.2, -0.15) is 0 Å². The lowest BCUT2D eigenvalue weighted by Gasteiger charge is -2.28. The minimum Gasteiger partial charge on any atom is -0.436 e. The molecule has 0 radical (unpaired) electrons. The molecule has 0 bridgehead atoms. The molecule has 2 aromatic heterocycles. The largest absolute Gasteiger partial charge is 0.436 e. The topological polar surface area (TPSA) is 29.3 Å². The van der Waals surface area contributed by atoms with E-state index in [0.717, 1.165) is 33.7 Å². The molecule has 0 amide bonds. The third-order valence-corrected chi connectivity index (χ3v) is 11.1. The first-order valence-corrected chi connectivity index (χ1v) is 18.6. The number of anilines is 3. The molecule has 0 atom stereocenters. The van der Waals surface area contributed by atoms with Crippen molar-refractivity contribution in [2.75, 3.05) is 4.90 Å². The number of oxazole rings is 1. The van der Waals surface area contributed by atoms with Gasteiger partial charge in [0.25, 0.3) is 0 Å². The van der Waals surface area contributed by atoms with Crippen molar-refractivity contribution in [3.05, 3.63) is 194 Å². The Morgan fingerprint density at radius 3 is 1.68 bits per heavy atom. The summed E-state index contributed by atoms with van der Waals surface area (Å²) in [5.41, 5.74) is 13.1. The molecule has 250 valence electrons. The van der Waals surface area contributed by atoms with Crippen LogP contribution in [0.15, 0.2) is 199 Å². The zero-order chi connectivity index (χ0) is 35.1. The molecule has 53 heavy (non-hydrogen) atoms. The molecule has 0 N–H and O–H groups in total. The number of hydrogen-bond acceptors (Lipinski definition) is 4. The van der Waals surface area contributed by atoms with E-state index in [0.29, 0.717) is 5.89 Å². The third kappa shape index (κ3) is 5.66. The van der Waals surface area contributed by atoms with E-state index in [-0.39, 0.29) is 0 Å². The Labute approximate surface area is 311 Å². The minimum atomic E-state index is 0.649. The van der Waals surface area contributed by atoms with Gasteiger partial charge in [0.05, 0.1) is 5.69 Å². The van der Waals surface area contributed by atoms with Gasteiger partial charge < -0.3 is 9.32 Å². The highest BCUT2D eigenvalue weighted by molar-refractivity contribution is 7.26. The molecule has 0 saturated heterocycles. The van der Waals surface area contributed by atoms with Crippen LogP contribution in [0.3, 0.4) is 0 Å². The van der Waals surface area contributed by atoms with Gasteiger partial charge in [-0.05, 0) is 76.3 Å².